The predicted octanol–water partition coefficient (Wildman–Crippen LogP) is 2.12. The van der Waals surface area contributed by atoms with Crippen LogP contribution in [0.5, 0.6) is 0 Å². The topological polar surface area (TPSA) is 76.9 Å². The predicted molar refractivity (Wildman–Crippen MR) is 80.7 cm³/mol. The average molecular weight is 304 g/mol. The molecule has 1 heterocycles. The van der Waals surface area contributed by atoms with Gasteiger partial charge in [-0.1, -0.05) is 12.2 Å². The summed E-state index contributed by atoms with van der Waals surface area (Å²) in [7, 11) is -3.38. The molecule has 0 fully saturated rings. The summed E-state index contributed by atoms with van der Waals surface area (Å²) in [6.07, 6.45) is 9.41. The van der Waals surface area contributed by atoms with E-state index in [4.69, 9.17) is 0 Å². The molecule has 2 aromatic rings. The van der Waals surface area contributed by atoms with Gasteiger partial charge >= 0.3 is 0 Å². The molecule has 110 valence electrons. The molecule has 6 nitrogen and oxygen atoms in total. The van der Waals surface area contributed by atoms with E-state index in [9.17, 15) is 8.42 Å². The number of anilines is 1. The third kappa shape index (κ3) is 3.13. The summed E-state index contributed by atoms with van der Waals surface area (Å²) in [6, 6.07) is 6.97. The normalized spacial score (nSPS) is 18.6. The van der Waals surface area contributed by atoms with Crippen molar-refractivity contribution in [2.45, 2.75) is 24.5 Å². The molecule has 0 saturated heterocycles. The van der Waals surface area contributed by atoms with E-state index in [0.29, 0.717) is 12.1 Å². The summed E-state index contributed by atoms with van der Waals surface area (Å²) in [4.78, 5) is 1.47. The van der Waals surface area contributed by atoms with E-state index in [2.05, 4.69) is 14.9 Å². The lowest BCUT2D eigenvalue weighted by atomic mass is 10.1. The van der Waals surface area contributed by atoms with Gasteiger partial charge in [0, 0.05) is 5.69 Å². The number of aromatic nitrogens is 3. The van der Waals surface area contributed by atoms with Crippen molar-refractivity contribution in [3.8, 4) is 5.69 Å². The fourth-order valence-electron chi connectivity index (χ4n) is 2.29. The van der Waals surface area contributed by atoms with Crippen LogP contribution in [0.2, 0.25) is 0 Å². The van der Waals surface area contributed by atoms with Crippen molar-refractivity contribution < 1.29 is 8.42 Å². The first-order chi connectivity index (χ1) is 10.1. The summed E-state index contributed by atoms with van der Waals surface area (Å²) in [6.45, 7) is 0. The van der Waals surface area contributed by atoms with Gasteiger partial charge in [-0.2, -0.15) is 15.0 Å². The standard InChI is InChI=1S/C14H16N4O2S/c19-21(20,14-4-2-1-3-5-14)17-12-6-8-13(9-7-12)18-15-10-11-16-18/h2,4,6-11,14,17H,1,3,5H2. The molecule has 1 aromatic heterocycles. The van der Waals surface area contributed by atoms with Crippen molar-refractivity contribution in [2.75, 3.05) is 4.72 Å². The Morgan fingerprint density at radius 1 is 1.14 bits per heavy atom. The van der Waals surface area contributed by atoms with Gasteiger partial charge in [0.1, 0.15) is 0 Å². The molecule has 7 heteroatoms. The number of nitrogens with zero attached hydrogens (tertiary/aromatic N) is 3. The summed E-state index contributed by atoms with van der Waals surface area (Å²) < 4.78 is 27.2. The van der Waals surface area contributed by atoms with Gasteiger partial charge in [0.2, 0.25) is 10.0 Å². The van der Waals surface area contributed by atoms with Crippen molar-refractivity contribution >= 4 is 15.7 Å². The third-order valence-corrected chi connectivity index (χ3v) is 5.10. The summed E-state index contributed by atoms with van der Waals surface area (Å²) >= 11 is 0. The Morgan fingerprint density at radius 2 is 1.86 bits per heavy atom. The van der Waals surface area contributed by atoms with Crippen LogP contribution in [-0.2, 0) is 10.0 Å². The molecule has 0 aliphatic heterocycles. The molecule has 1 N–H and O–H groups in total. The molecular formula is C14H16N4O2S. The lowest BCUT2D eigenvalue weighted by molar-refractivity contribution is 0.582. The van der Waals surface area contributed by atoms with Crippen LogP contribution in [0.15, 0.2) is 48.8 Å². The van der Waals surface area contributed by atoms with E-state index < -0.39 is 15.3 Å². The molecule has 1 aliphatic carbocycles. The fraction of sp³-hybridized carbons (Fsp3) is 0.286. The zero-order chi connectivity index (χ0) is 14.7. The zero-order valence-corrected chi connectivity index (χ0v) is 12.2. The maximum Gasteiger partial charge on any atom is 0.239 e. The van der Waals surface area contributed by atoms with Gasteiger partial charge in [-0.3, -0.25) is 4.72 Å². The number of nitrogens with one attached hydrogen (secondary N) is 1. The first-order valence-electron chi connectivity index (χ1n) is 6.80. The van der Waals surface area contributed by atoms with E-state index in [1.165, 1.54) is 4.80 Å². The minimum Gasteiger partial charge on any atom is -0.283 e. The van der Waals surface area contributed by atoms with E-state index >= 15 is 0 Å². The Morgan fingerprint density at radius 3 is 2.48 bits per heavy atom. The van der Waals surface area contributed by atoms with E-state index in [1.807, 2.05) is 6.08 Å². The number of hydrogen-bond donors (Lipinski definition) is 1. The van der Waals surface area contributed by atoms with Crippen molar-refractivity contribution in [3.63, 3.8) is 0 Å². The highest BCUT2D eigenvalue weighted by Gasteiger charge is 2.24. The van der Waals surface area contributed by atoms with Crippen LogP contribution in [0, 0.1) is 0 Å². The first kappa shape index (κ1) is 13.8. The Bertz CT molecular complexity index is 721. The molecular weight excluding hydrogens is 288 g/mol. The number of hydrogen-bond acceptors (Lipinski definition) is 4. The van der Waals surface area contributed by atoms with Crippen molar-refractivity contribution in [3.05, 3.63) is 48.8 Å². The summed E-state index contributed by atoms with van der Waals surface area (Å²) in [5.41, 5.74) is 1.32. The second-order valence-corrected chi connectivity index (χ2v) is 6.81. The molecule has 1 aromatic carbocycles. The minimum absolute atomic E-state index is 0.446. The van der Waals surface area contributed by atoms with Gasteiger partial charge in [-0.05, 0) is 43.5 Å². The number of allylic oxidation sites excluding steroid dienone is 1. The molecule has 0 radical (unpaired) electrons. The van der Waals surface area contributed by atoms with Crippen LogP contribution in [0.1, 0.15) is 19.3 Å². The summed E-state index contributed by atoms with van der Waals surface area (Å²) in [5, 5.41) is 7.60. The van der Waals surface area contributed by atoms with Crippen molar-refractivity contribution in [1.82, 2.24) is 15.0 Å². The average Bonchev–Trinajstić information content (AvgIpc) is 3.03. The number of rotatable bonds is 4. The van der Waals surface area contributed by atoms with Crippen LogP contribution in [0.4, 0.5) is 5.69 Å². The fourth-order valence-corrected chi connectivity index (χ4v) is 3.70. The number of sulfonamides is 1. The third-order valence-electron chi connectivity index (χ3n) is 3.39. The van der Waals surface area contributed by atoms with Gasteiger partial charge in [0.05, 0.1) is 23.3 Å². The Labute approximate surface area is 123 Å². The molecule has 1 aliphatic rings. The van der Waals surface area contributed by atoms with Crippen LogP contribution in [0.3, 0.4) is 0 Å². The van der Waals surface area contributed by atoms with Crippen molar-refractivity contribution in [1.29, 1.82) is 0 Å². The van der Waals surface area contributed by atoms with Crippen LogP contribution >= 0.6 is 0 Å². The number of benzene rings is 1. The zero-order valence-electron chi connectivity index (χ0n) is 11.4. The molecule has 21 heavy (non-hydrogen) atoms. The van der Waals surface area contributed by atoms with E-state index in [-0.39, 0.29) is 0 Å². The molecule has 0 amide bonds. The summed E-state index contributed by atoms with van der Waals surface area (Å²) in [5.74, 6) is 0. The van der Waals surface area contributed by atoms with Crippen molar-refractivity contribution in [2.24, 2.45) is 0 Å². The van der Waals surface area contributed by atoms with Gasteiger partial charge in [-0.25, -0.2) is 8.42 Å². The second kappa shape index (κ2) is 5.69. The monoisotopic (exact) mass is 304 g/mol. The van der Waals surface area contributed by atoms with Gasteiger partial charge in [0.15, 0.2) is 0 Å². The smallest absolute Gasteiger partial charge is 0.239 e. The lowest BCUT2D eigenvalue weighted by Crippen LogP contribution is -2.27. The van der Waals surface area contributed by atoms with Gasteiger partial charge in [-0.15, -0.1) is 0 Å². The second-order valence-electron chi connectivity index (χ2n) is 4.91. The van der Waals surface area contributed by atoms with Gasteiger partial charge in [0.25, 0.3) is 0 Å². The maximum atomic E-state index is 12.3. The minimum atomic E-state index is -3.38. The quantitative estimate of drug-likeness (QED) is 0.878. The van der Waals surface area contributed by atoms with E-state index in [0.717, 1.165) is 18.5 Å². The Hall–Kier alpha value is -2.15. The maximum absolute atomic E-state index is 12.3. The van der Waals surface area contributed by atoms with Crippen LogP contribution in [0.25, 0.3) is 5.69 Å². The highest BCUT2D eigenvalue weighted by atomic mass is 32.2. The molecule has 0 spiro atoms. The highest BCUT2D eigenvalue weighted by molar-refractivity contribution is 7.93. The molecule has 0 saturated carbocycles. The first-order valence-corrected chi connectivity index (χ1v) is 8.35. The highest BCUT2D eigenvalue weighted by Crippen LogP contribution is 2.21. The largest absolute Gasteiger partial charge is 0.283 e. The Balaban J connectivity index is 1.76. The molecule has 3 rings (SSSR count). The lowest BCUT2D eigenvalue weighted by Gasteiger charge is -2.18. The molecule has 1 atom stereocenters. The van der Waals surface area contributed by atoms with Crippen LogP contribution < -0.4 is 4.72 Å². The SMILES string of the molecule is O=S(=O)(Nc1ccc(-n2nccn2)cc1)C1C=CCCC1. The van der Waals surface area contributed by atoms with Gasteiger partial charge < -0.3 is 0 Å². The Kier molecular flexibility index (Phi) is 3.74. The van der Waals surface area contributed by atoms with E-state index in [1.54, 1.807) is 42.7 Å². The molecule has 1 unspecified atom stereocenters. The molecule has 0 bridgehead atoms. The van der Waals surface area contributed by atoms with Crippen LogP contribution in [-0.4, -0.2) is 28.7 Å².